The molecule has 1 aromatic heterocycles. The van der Waals surface area contributed by atoms with Crippen molar-refractivity contribution < 1.29 is 9.53 Å². The fourth-order valence-electron chi connectivity index (χ4n) is 3.21. The number of hydrogen-bond acceptors (Lipinski definition) is 5. The molecule has 1 aromatic rings. The molecular weight excluding hydrogens is 256 g/mol. The molecule has 2 heterocycles. The molecule has 1 saturated heterocycles. The van der Waals surface area contributed by atoms with Gasteiger partial charge in [-0.05, 0) is 38.3 Å². The maximum Gasteiger partial charge on any atom is 0.254 e. The second-order valence-electron chi connectivity index (χ2n) is 5.43. The summed E-state index contributed by atoms with van der Waals surface area (Å²) in [7, 11) is 0. The molecule has 0 spiro atoms. The lowest BCUT2D eigenvalue weighted by molar-refractivity contribution is -0.0445. The van der Waals surface area contributed by atoms with Crippen molar-refractivity contribution in [3.05, 3.63) is 23.4 Å². The maximum absolute atomic E-state index is 12.7. The number of rotatable bonds is 2. The Morgan fingerprint density at radius 3 is 3.15 bits per heavy atom. The summed E-state index contributed by atoms with van der Waals surface area (Å²) in [6, 6.07) is 3.73. The van der Waals surface area contributed by atoms with E-state index in [-0.39, 0.29) is 18.1 Å². The first-order valence-corrected chi connectivity index (χ1v) is 7.07. The summed E-state index contributed by atoms with van der Waals surface area (Å²) in [5, 5.41) is 0. The molecule has 108 valence electrons. The van der Waals surface area contributed by atoms with Crippen LogP contribution < -0.4 is 11.3 Å². The number of pyridine rings is 1. The van der Waals surface area contributed by atoms with Gasteiger partial charge in [0.15, 0.2) is 0 Å². The van der Waals surface area contributed by atoms with Gasteiger partial charge in [-0.25, -0.2) is 10.8 Å². The van der Waals surface area contributed by atoms with Crippen LogP contribution in [-0.4, -0.2) is 41.1 Å². The van der Waals surface area contributed by atoms with Crippen LogP contribution in [0.4, 0.5) is 5.82 Å². The largest absolute Gasteiger partial charge is 0.374 e. The van der Waals surface area contributed by atoms with Gasteiger partial charge in [-0.1, -0.05) is 0 Å². The zero-order valence-corrected chi connectivity index (χ0v) is 11.6. The Morgan fingerprint density at radius 2 is 2.35 bits per heavy atom. The van der Waals surface area contributed by atoms with Crippen molar-refractivity contribution >= 4 is 11.7 Å². The van der Waals surface area contributed by atoms with Gasteiger partial charge in [0.2, 0.25) is 0 Å². The summed E-state index contributed by atoms with van der Waals surface area (Å²) < 4.78 is 5.75. The number of morpholine rings is 1. The summed E-state index contributed by atoms with van der Waals surface area (Å²) in [4.78, 5) is 18.9. The van der Waals surface area contributed by atoms with Crippen LogP contribution in [0.3, 0.4) is 0 Å². The summed E-state index contributed by atoms with van der Waals surface area (Å²) in [5.41, 5.74) is 3.92. The molecule has 0 aromatic carbocycles. The molecular formula is C14H20N4O2. The van der Waals surface area contributed by atoms with E-state index < -0.39 is 0 Å². The van der Waals surface area contributed by atoms with Crippen LogP contribution in [0.2, 0.25) is 0 Å². The normalized spacial score (nSPS) is 25.4. The number of nitrogens with zero attached hydrogens (tertiary/aromatic N) is 2. The summed E-state index contributed by atoms with van der Waals surface area (Å²) >= 11 is 0. The highest BCUT2D eigenvalue weighted by atomic mass is 16.5. The minimum Gasteiger partial charge on any atom is -0.374 e. The molecule has 20 heavy (non-hydrogen) atoms. The topological polar surface area (TPSA) is 80.5 Å². The van der Waals surface area contributed by atoms with Crippen molar-refractivity contribution in [1.82, 2.24) is 9.88 Å². The predicted molar refractivity (Wildman–Crippen MR) is 75.2 cm³/mol. The number of anilines is 1. The SMILES string of the molecule is Cc1cc(C(=O)N2CCOC3CCCC32)cc(NN)n1. The van der Waals surface area contributed by atoms with E-state index in [4.69, 9.17) is 10.6 Å². The molecule has 1 saturated carbocycles. The first-order chi connectivity index (χ1) is 9.69. The predicted octanol–water partition coefficient (Wildman–Crippen LogP) is 1.07. The quantitative estimate of drug-likeness (QED) is 0.624. The number of amides is 1. The van der Waals surface area contributed by atoms with Gasteiger partial charge in [-0.3, -0.25) is 4.79 Å². The van der Waals surface area contributed by atoms with Crippen molar-refractivity contribution in [1.29, 1.82) is 0 Å². The van der Waals surface area contributed by atoms with Crippen LogP contribution in [0.15, 0.2) is 12.1 Å². The van der Waals surface area contributed by atoms with E-state index in [1.165, 1.54) is 0 Å². The van der Waals surface area contributed by atoms with Crippen LogP contribution in [-0.2, 0) is 4.74 Å². The molecule has 2 aliphatic rings. The third-order valence-electron chi connectivity index (χ3n) is 4.09. The maximum atomic E-state index is 12.7. The minimum absolute atomic E-state index is 0.0483. The first kappa shape index (κ1) is 13.3. The van der Waals surface area contributed by atoms with Crippen LogP contribution in [0.25, 0.3) is 0 Å². The number of aryl methyl sites for hydroxylation is 1. The van der Waals surface area contributed by atoms with E-state index in [2.05, 4.69) is 10.4 Å². The van der Waals surface area contributed by atoms with Gasteiger partial charge < -0.3 is 15.1 Å². The van der Waals surface area contributed by atoms with Gasteiger partial charge in [0.05, 0.1) is 18.8 Å². The van der Waals surface area contributed by atoms with Crippen molar-refractivity contribution in [2.24, 2.45) is 5.84 Å². The Labute approximate surface area is 118 Å². The standard InChI is InChI=1S/C14H20N4O2/c1-9-7-10(8-13(16-9)17-15)14(19)18-5-6-20-12-4-2-3-11(12)18/h7-8,11-12H,2-6,15H2,1H3,(H,16,17). The van der Waals surface area contributed by atoms with Gasteiger partial charge in [0.1, 0.15) is 5.82 Å². The van der Waals surface area contributed by atoms with Gasteiger partial charge in [-0.2, -0.15) is 0 Å². The molecule has 1 amide bonds. The van der Waals surface area contributed by atoms with Gasteiger partial charge in [-0.15, -0.1) is 0 Å². The molecule has 0 bridgehead atoms. The fourth-order valence-corrected chi connectivity index (χ4v) is 3.21. The Kier molecular flexibility index (Phi) is 3.58. The highest BCUT2D eigenvalue weighted by Crippen LogP contribution is 2.30. The first-order valence-electron chi connectivity index (χ1n) is 7.07. The molecule has 1 aliphatic carbocycles. The van der Waals surface area contributed by atoms with E-state index in [1.54, 1.807) is 6.07 Å². The summed E-state index contributed by atoms with van der Waals surface area (Å²) in [6.07, 6.45) is 3.43. The molecule has 6 heteroatoms. The second kappa shape index (κ2) is 5.38. The number of fused-ring (bicyclic) bond motifs is 1. The smallest absolute Gasteiger partial charge is 0.254 e. The Balaban J connectivity index is 1.86. The van der Waals surface area contributed by atoms with E-state index in [9.17, 15) is 4.79 Å². The Morgan fingerprint density at radius 1 is 1.50 bits per heavy atom. The summed E-state index contributed by atoms with van der Waals surface area (Å²) in [6.45, 7) is 3.14. The molecule has 3 N–H and O–H groups in total. The molecule has 2 unspecified atom stereocenters. The van der Waals surface area contributed by atoms with E-state index >= 15 is 0 Å². The van der Waals surface area contributed by atoms with Crippen molar-refractivity contribution in [3.63, 3.8) is 0 Å². The van der Waals surface area contributed by atoms with E-state index in [1.807, 2.05) is 17.9 Å². The molecule has 2 atom stereocenters. The van der Waals surface area contributed by atoms with E-state index in [0.29, 0.717) is 24.5 Å². The zero-order chi connectivity index (χ0) is 14.1. The number of carbonyl (C=O) groups is 1. The number of hydrazine groups is 1. The minimum atomic E-state index is 0.0483. The number of hydrogen-bond donors (Lipinski definition) is 2. The lowest BCUT2D eigenvalue weighted by Crippen LogP contribution is -2.51. The summed E-state index contributed by atoms with van der Waals surface area (Å²) in [5.74, 6) is 5.96. The lowest BCUT2D eigenvalue weighted by Gasteiger charge is -2.37. The van der Waals surface area contributed by atoms with Crippen LogP contribution in [0, 0.1) is 6.92 Å². The number of nitrogens with two attached hydrogens (primary N) is 1. The second-order valence-corrected chi connectivity index (χ2v) is 5.43. The average molecular weight is 276 g/mol. The van der Waals surface area contributed by atoms with Crippen molar-refractivity contribution in [2.75, 3.05) is 18.6 Å². The van der Waals surface area contributed by atoms with Crippen LogP contribution in [0.5, 0.6) is 0 Å². The lowest BCUT2D eigenvalue weighted by atomic mass is 10.1. The molecule has 0 radical (unpaired) electrons. The number of ether oxygens (including phenoxy) is 1. The van der Waals surface area contributed by atoms with Gasteiger partial charge in [0, 0.05) is 17.8 Å². The Hall–Kier alpha value is -1.66. The van der Waals surface area contributed by atoms with Crippen LogP contribution >= 0.6 is 0 Å². The van der Waals surface area contributed by atoms with Crippen LogP contribution in [0.1, 0.15) is 35.3 Å². The third-order valence-corrected chi connectivity index (χ3v) is 4.09. The highest BCUT2D eigenvalue weighted by molar-refractivity contribution is 5.95. The van der Waals surface area contributed by atoms with Gasteiger partial charge >= 0.3 is 0 Å². The monoisotopic (exact) mass is 276 g/mol. The molecule has 3 rings (SSSR count). The third kappa shape index (κ3) is 2.36. The zero-order valence-electron chi connectivity index (χ0n) is 11.6. The fraction of sp³-hybridized carbons (Fsp3) is 0.571. The van der Waals surface area contributed by atoms with Gasteiger partial charge in [0.25, 0.3) is 5.91 Å². The molecule has 2 fully saturated rings. The highest BCUT2D eigenvalue weighted by Gasteiger charge is 2.38. The number of aromatic nitrogens is 1. The van der Waals surface area contributed by atoms with Crippen molar-refractivity contribution in [3.8, 4) is 0 Å². The number of nitrogen functional groups attached to an aromatic ring is 1. The average Bonchev–Trinajstić information content (AvgIpc) is 2.94. The number of nitrogens with one attached hydrogen (secondary N) is 1. The molecule has 1 aliphatic heterocycles. The molecule has 6 nitrogen and oxygen atoms in total. The van der Waals surface area contributed by atoms with Crippen molar-refractivity contribution in [2.45, 2.75) is 38.3 Å². The number of carbonyl (C=O) groups excluding carboxylic acids is 1. The van der Waals surface area contributed by atoms with E-state index in [0.717, 1.165) is 25.0 Å². The Bertz CT molecular complexity index is 520.